The zero-order chi connectivity index (χ0) is 28.7. The Morgan fingerprint density at radius 1 is 0.605 bits per heavy atom. The van der Waals surface area contributed by atoms with Crippen LogP contribution in [-0.2, 0) is 43.7 Å². The number of alkyl halides is 6. The Morgan fingerprint density at radius 3 is 1.08 bits per heavy atom. The molecule has 2 aliphatic heterocycles. The second-order valence-electron chi connectivity index (χ2n) is 8.53. The molecule has 0 unspecified atom stereocenters. The number of benzene rings is 2. The van der Waals surface area contributed by atoms with Gasteiger partial charge in [-0.05, 0) is 47.5 Å². The van der Waals surface area contributed by atoms with E-state index < -0.39 is 29.2 Å². The van der Waals surface area contributed by atoms with Gasteiger partial charge in [-0.1, -0.05) is 60.7 Å². The van der Waals surface area contributed by atoms with Crippen LogP contribution in [0.4, 0.5) is 26.3 Å². The molecule has 4 nitrogen and oxygen atoms in total. The molecule has 0 aromatic heterocycles. The molecule has 2 aromatic carbocycles. The highest BCUT2D eigenvalue weighted by Crippen LogP contribution is 2.31. The molecule has 0 atom stereocenters. The normalized spacial score (nSPS) is 16.4. The largest absolute Gasteiger partial charge is 0.759 e. The van der Waals surface area contributed by atoms with Crippen LogP contribution in [0.3, 0.4) is 0 Å². The first-order chi connectivity index (χ1) is 17.6. The molecule has 4 rings (SSSR count). The molecule has 0 amide bonds. The van der Waals surface area contributed by atoms with Crippen LogP contribution in [0.25, 0.3) is 0 Å². The maximum Gasteiger partial charge on any atom is 0.397 e. The molecule has 0 N–H and O–H groups in total. The lowest BCUT2D eigenvalue weighted by Crippen LogP contribution is -2.20. The van der Waals surface area contributed by atoms with Crippen LogP contribution in [0.2, 0.25) is 0 Å². The van der Waals surface area contributed by atoms with Crippen molar-refractivity contribution in [1.82, 2.24) is 0 Å². The van der Waals surface area contributed by atoms with Gasteiger partial charge in [0.15, 0.2) is 0 Å². The highest BCUT2D eigenvalue weighted by molar-refractivity contribution is 7.96. The fourth-order valence-electron chi connectivity index (χ4n) is 3.56. The minimum Gasteiger partial charge on any atom is -0.759 e. The summed E-state index contributed by atoms with van der Waals surface area (Å²) < 4.78 is 99.1. The fourth-order valence-corrected chi connectivity index (χ4v) is 8.33. The van der Waals surface area contributed by atoms with E-state index in [1.165, 1.54) is 71.3 Å². The molecule has 2 fully saturated rings. The van der Waals surface area contributed by atoms with Crippen molar-refractivity contribution in [2.75, 3.05) is 23.0 Å². The first-order valence-corrected chi connectivity index (χ1v) is 16.6. The molecule has 0 aliphatic carbocycles. The maximum atomic E-state index is 10.8. The number of hydrogen-bond acceptors (Lipinski definition) is 4. The molecule has 2 saturated heterocycles. The predicted octanol–water partition coefficient (Wildman–Crippen LogP) is 6.36. The zero-order valence-corrected chi connectivity index (χ0v) is 23.1. The summed E-state index contributed by atoms with van der Waals surface area (Å²) in [6.45, 7) is 0. The predicted molar refractivity (Wildman–Crippen MR) is 140 cm³/mol. The summed E-state index contributed by atoms with van der Waals surface area (Å²) in [7, 11) is -3.72. The van der Waals surface area contributed by atoms with Gasteiger partial charge in [0.1, 0.15) is 40.9 Å². The molecular formula is C25H32F6O4S3. The Kier molecular flexibility index (Phi) is 15.8. The van der Waals surface area contributed by atoms with Crippen LogP contribution >= 0.6 is 0 Å². The second-order valence-corrected chi connectivity index (χ2v) is 14.0. The van der Waals surface area contributed by atoms with Crippen molar-refractivity contribution in [2.45, 2.75) is 56.0 Å². The van der Waals surface area contributed by atoms with Crippen LogP contribution in [0, 0.1) is 0 Å². The van der Waals surface area contributed by atoms with Gasteiger partial charge in [0.2, 0.25) is 0 Å². The Bertz CT molecular complexity index is 902. The van der Waals surface area contributed by atoms with Crippen molar-refractivity contribution < 1.29 is 43.9 Å². The first kappa shape index (κ1) is 34.6. The van der Waals surface area contributed by atoms with Crippen LogP contribution in [0.5, 0.6) is 0 Å². The van der Waals surface area contributed by atoms with Gasteiger partial charge in [-0.25, -0.2) is 0 Å². The van der Waals surface area contributed by atoms with E-state index in [0.29, 0.717) is 0 Å². The number of hydrogen-bond donors (Lipinski definition) is 0. The third-order valence-electron chi connectivity index (χ3n) is 5.06. The minimum atomic E-state index is -5.17. The topological polar surface area (TPSA) is 80.3 Å². The van der Waals surface area contributed by atoms with Gasteiger partial charge in [-0.2, -0.15) is 26.3 Å². The Labute approximate surface area is 226 Å². The molecule has 2 aliphatic rings. The molecule has 2 aromatic rings. The molecule has 0 radical (unpaired) electrons. The molecule has 216 valence electrons. The molecule has 0 bridgehead atoms. The Hall–Kier alpha value is -1.41. The van der Waals surface area contributed by atoms with E-state index in [4.69, 9.17) is 17.5 Å². The van der Waals surface area contributed by atoms with E-state index in [2.05, 4.69) is 60.7 Å². The van der Waals surface area contributed by atoms with E-state index in [-0.39, 0.29) is 0 Å². The van der Waals surface area contributed by atoms with Crippen LogP contribution in [0.1, 0.15) is 43.2 Å². The van der Waals surface area contributed by atoms with Crippen molar-refractivity contribution >= 4 is 32.2 Å². The summed E-state index contributed by atoms with van der Waals surface area (Å²) in [6, 6.07) is 21.8. The van der Waals surface area contributed by atoms with Crippen LogP contribution < -0.4 is 0 Å². The van der Waals surface area contributed by atoms with Crippen molar-refractivity contribution in [3.8, 4) is 0 Å². The van der Waals surface area contributed by atoms with E-state index >= 15 is 0 Å². The van der Waals surface area contributed by atoms with Crippen molar-refractivity contribution in [1.29, 1.82) is 0 Å². The fraction of sp³-hybridized carbons (Fsp3) is 0.520. The highest BCUT2D eigenvalue weighted by Gasteiger charge is 2.43. The van der Waals surface area contributed by atoms with Gasteiger partial charge in [0, 0.05) is 21.5 Å². The standard InChI is InChI=1S/2C11H15S.C3H2F6.H2O4S/c2*1-2-6-11(7-3-1)10-12-8-4-5-9-12;4-2(5,6)1-3(7,8)9;1-5(2,3)4/h2*1-3,6-7H,4-5,8-10H2;1H2;(H2,1,2,3,4)/q2*+1;;/p-2. The zero-order valence-electron chi connectivity index (χ0n) is 20.7. The Balaban J connectivity index is 0.000000265. The SMILES string of the molecule is FC(F)(F)CC(F)(F)F.O=S(=O)([O-])[O-].c1ccc(C[S+]2CCCC2)cc1.c1ccc(C[S+]2CCCC2)cc1. The van der Waals surface area contributed by atoms with Gasteiger partial charge < -0.3 is 9.11 Å². The van der Waals surface area contributed by atoms with E-state index in [1.807, 2.05) is 0 Å². The lowest BCUT2D eigenvalue weighted by Gasteiger charge is -2.08. The summed E-state index contributed by atoms with van der Waals surface area (Å²) in [5.74, 6) is 8.59. The molecular weight excluding hydrogens is 574 g/mol. The highest BCUT2D eigenvalue weighted by atomic mass is 32.3. The van der Waals surface area contributed by atoms with E-state index in [0.717, 1.165) is 21.8 Å². The molecule has 2 heterocycles. The molecule has 0 saturated carbocycles. The smallest absolute Gasteiger partial charge is 0.397 e. The van der Waals surface area contributed by atoms with E-state index in [1.54, 1.807) is 0 Å². The quantitative estimate of drug-likeness (QED) is 0.176. The summed E-state index contributed by atoms with van der Waals surface area (Å²) in [6.07, 6.45) is -7.12. The van der Waals surface area contributed by atoms with Gasteiger partial charge >= 0.3 is 12.4 Å². The lowest BCUT2D eigenvalue weighted by molar-refractivity contribution is -0.232. The van der Waals surface area contributed by atoms with Gasteiger partial charge in [-0.15, -0.1) is 0 Å². The van der Waals surface area contributed by atoms with Crippen molar-refractivity contribution in [2.24, 2.45) is 0 Å². The summed E-state index contributed by atoms with van der Waals surface area (Å²) >= 11 is 0. The third-order valence-corrected chi connectivity index (χ3v) is 10.0. The van der Waals surface area contributed by atoms with Gasteiger partial charge in [-0.3, -0.25) is 8.42 Å². The average molecular weight is 607 g/mol. The lowest BCUT2D eigenvalue weighted by atomic mass is 10.2. The first-order valence-electron chi connectivity index (χ1n) is 11.8. The van der Waals surface area contributed by atoms with Crippen molar-refractivity contribution in [3.63, 3.8) is 0 Å². The van der Waals surface area contributed by atoms with Gasteiger partial charge in [0.05, 0.1) is 0 Å². The summed E-state index contributed by atoms with van der Waals surface area (Å²) in [4.78, 5) is 0. The summed E-state index contributed by atoms with van der Waals surface area (Å²) in [5.41, 5.74) is 3.06. The van der Waals surface area contributed by atoms with E-state index in [9.17, 15) is 26.3 Å². The summed E-state index contributed by atoms with van der Waals surface area (Å²) in [5, 5.41) is 0. The van der Waals surface area contributed by atoms with Gasteiger partial charge in [0.25, 0.3) is 0 Å². The molecule has 13 heteroatoms. The second kappa shape index (κ2) is 17.3. The number of halogens is 6. The monoisotopic (exact) mass is 606 g/mol. The molecule has 0 spiro atoms. The van der Waals surface area contributed by atoms with Crippen LogP contribution in [-0.4, -0.2) is 52.9 Å². The van der Waals surface area contributed by atoms with Crippen molar-refractivity contribution in [3.05, 3.63) is 71.8 Å². The maximum absolute atomic E-state index is 10.8. The average Bonchev–Trinajstić information content (AvgIpc) is 3.47. The number of rotatable bonds is 4. The Morgan fingerprint density at radius 2 is 0.868 bits per heavy atom. The molecule has 38 heavy (non-hydrogen) atoms. The third kappa shape index (κ3) is 21.5. The van der Waals surface area contributed by atoms with Crippen LogP contribution in [0.15, 0.2) is 60.7 Å². The minimum absolute atomic E-state index is 0.722.